The summed E-state index contributed by atoms with van der Waals surface area (Å²) in [7, 11) is -1.49. The Labute approximate surface area is 246 Å². The Morgan fingerprint density at radius 2 is 1.54 bits per heavy atom. The molecule has 11 heteroatoms. The molecule has 0 bridgehead atoms. The van der Waals surface area contributed by atoms with E-state index in [9.17, 15) is 22.4 Å². The molecular weight excluding hydrogens is 567 g/mol. The van der Waals surface area contributed by atoms with Crippen LogP contribution < -0.4 is 9.62 Å². The number of anilines is 1. The Bertz CT molecular complexity index is 1420. The number of hydrogen-bond donors (Lipinski definition) is 1. The molecule has 1 N–H and O–H groups in total. The zero-order valence-corrected chi connectivity index (χ0v) is 25.2. The fourth-order valence-electron chi connectivity index (χ4n) is 4.11. The van der Waals surface area contributed by atoms with E-state index in [4.69, 9.17) is 11.6 Å². The summed E-state index contributed by atoms with van der Waals surface area (Å²) in [4.78, 5) is 29.2. The molecule has 3 rings (SSSR count). The molecule has 0 aliphatic carbocycles. The van der Waals surface area contributed by atoms with E-state index in [0.717, 1.165) is 26.3 Å². The quantitative estimate of drug-likeness (QED) is 0.312. The number of nitrogens with one attached hydrogen (secondary N) is 1. The van der Waals surface area contributed by atoms with E-state index >= 15 is 0 Å². The highest BCUT2D eigenvalue weighted by Crippen LogP contribution is 2.24. The number of rotatable bonds is 13. The van der Waals surface area contributed by atoms with Crippen LogP contribution in [-0.2, 0) is 32.8 Å². The Morgan fingerprint density at radius 1 is 0.927 bits per heavy atom. The molecule has 1 atom stereocenters. The highest BCUT2D eigenvalue weighted by molar-refractivity contribution is 7.90. The summed E-state index contributed by atoms with van der Waals surface area (Å²) in [6.07, 6.45) is 0.192. The fraction of sp³-hybridized carbons (Fsp3) is 0.333. The average Bonchev–Trinajstić information content (AvgIpc) is 2.94. The van der Waals surface area contributed by atoms with Gasteiger partial charge in [0.15, 0.2) is 0 Å². The zero-order valence-electron chi connectivity index (χ0n) is 23.6. The maximum absolute atomic E-state index is 14.2. The summed E-state index contributed by atoms with van der Waals surface area (Å²) in [5.41, 5.74) is 1.53. The van der Waals surface area contributed by atoms with E-state index < -0.39 is 34.5 Å². The van der Waals surface area contributed by atoms with E-state index in [-0.39, 0.29) is 30.5 Å². The molecule has 2 amide bonds. The fourth-order valence-corrected chi connectivity index (χ4v) is 5.36. The number of carbonyl (C=O) groups excluding carboxylic acids is 2. The second-order valence-electron chi connectivity index (χ2n) is 10.2. The molecule has 8 nitrogen and oxygen atoms in total. The normalized spacial score (nSPS) is 12.3. The van der Waals surface area contributed by atoms with Crippen molar-refractivity contribution in [3.05, 3.63) is 101 Å². The highest BCUT2D eigenvalue weighted by atomic mass is 35.5. The van der Waals surface area contributed by atoms with Crippen LogP contribution in [-0.4, -0.2) is 62.7 Å². The molecule has 220 valence electrons. The molecule has 0 saturated heterocycles. The SMILES string of the molecule is CC(C)CNC(=O)C(Cc1ccccc1)N(Cc1ccccc1Cl)C(=O)CN(c1ccc(F)cc1)S(=O)(=O)N(C)C. The molecule has 0 aliphatic rings. The van der Waals surface area contributed by atoms with Crippen LogP contribution in [0.2, 0.25) is 5.02 Å². The van der Waals surface area contributed by atoms with Gasteiger partial charge < -0.3 is 10.2 Å². The molecule has 0 radical (unpaired) electrons. The molecular formula is C30H36ClFN4O4S. The van der Waals surface area contributed by atoms with E-state index in [2.05, 4.69) is 5.32 Å². The number of carbonyl (C=O) groups is 2. The molecule has 3 aromatic rings. The second kappa shape index (κ2) is 14.4. The first kappa shape index (κ1) is 32.0. The molecule has 1 unspecified atom stereocenters. The molecule has 3 aromatic carbocycles. The van der Waals surface area contributed by atoms with Crippen LogP contribution in [0.15, 0.2) is 78.9 Å². The standard InChI is InChI=1S/C30H36ClFN4O4S/c1-22(2)19-33-30(38)28(18-23-10-6-5-7-11-23)35(20-24-12-8-9-13-27(24)31)29(37)21-36(41(39,40)34(3)4)26-16-14-25(32)15-17-26/h5-17,22,28H,18-21H2,1-4H3,(H,33,38). The Morgan fingerprint density at radius 3 is 2.12 bits per heavy atom. The summed E-state index contributed by atoms with van der Waals surface area (Å²) >= 11 is 6.46. The number of benzene rings is 3. The predicted octanol–water partition coefficient (Wildman–Crippen LogP) is 4.50. The lowest BCUT2D eigenvalue weighted by Crippen LogP contribution is -2.54. The molecule has 0 spiro atoms. The lowest BCUT2D eigenvalue weighted by atomic mass is 10.0. The predicted molar refractivity (Wildman–Crippen MR) is 160 cm³/mol. The third-order valence-electron chi connectivity index (χ3n) is 6.39. The van der Waals surface area contributed by atoms with Crippen molar-refractivity contribution in [2.75, 3.05) is 31.5 Å². The third kappa shape index (κ3) is 8.76. The van der Waals surface area contributed by atoms with Gasteiger partial charge in [0, 0.05) is 38.6 Å². The first-order valence-corrected chi connectivity index (χ1v) is 15.0. The van der Waals surface area contributed by atoms with Gasteiger partial charge in [-0.3, -0.25) is 9.59 Å². The number of nitrogens with zero attached hydrogens (tertiary/aromatic N) is 3. The highest BCUT2D eigenvalue weighted by Gasteiger charge is 2.35. The van der Waals surface area contributed by atoms with Crippen LogP contribution in [0.3, 0.4) is 0 Å². The van der Waals surface area contributed by atoms with Crippen molar-refractivity contribution in [1.82, 2.24) is 14.5 Å². The van der Waals surface area contributed by atoms with Crippen LogP contribution >= 0.6 is 11.6 Å². The van der Waals surface area contributed by atoms with Crippen molar-refractivity contribution >= 4 is 39.3 Å². The number of amides is 2. The van der Waals surface area contributed by atoms with Crippen molar-refractivity contribution in [3.8, 4) is 0 Å². The van der Waals surface area contributed by atoms with E-state index in [0.29, 0.717) is 17.1 Å². The summed E-state index contributed by atoms with van der Waals surface area (Å²) in [6.45, 7) is 3.66. The molecule has 0 aromatic heterocycles. The van der Waals surface area contributed by atoms with Crippen molar-refractivity contribution in [1.29, 1.82) is 0 Å². The molecule has 41 heavy (non-hydrogen) atoms. The van der Waals surface area contributed by atoms with Crippen LogP contribution in [0.4, 0.5) is 10.1 Å². The van der Waals surface area contributed by atoms with Gasteiger partial charge in [-0.2, -0.15) is 12.7 Å². The summed E-state index contributed by atoms with van der Waals surface area (Å²) in [5.74, 6) is -1.37. The maximum atomic E-state index is 14.2. The number of hydrogen-bond acceptors (Lipinski definition) is 4. The van der Waals surface area contributed by atoms with Gasteiger partial charge in [-0.15, -0.1) is 0 Å². The molecule has 0 saturated carbocycles. The van der Waals surface area contributed by atoms with Crippen LogP contribution in [0.5, 0.6) is 0 Å². The van der Waals surface area contributed by atoms with Gasteiger partial charge in [0.25, 0.3) is 0 Å². The first-order chi connectivity index (χ1) is 19.4. The summed E-state index contributed by atoms with van der Waals surface area (Å²) < 4.78 is 42.3. The van der Waals surface area contributed by atoms with E-state index in [1.54, 1.807) is 24.3 Å². The topological polar surface area (TPSA) is 90.0 Å². The summed E-state index contributed by atoms with van der Waals surface area (Å²) in [6, 6.07) is 20.1. The van der Waals surface area contributed by atoms with Gasteiger partial charge in [0.05, 0.1) is 5.69 Å². The third-order valence-corrected chi connectivity index (χ3v) is 8.58. The van der Waals surface area contributed by atoms with Gasteiger partial charge in [0.2, 0.25) is 11.8 Å². The largest absolute Gasteiger partial charge is 0.354 e. The van der Waals surface area contributed by atoms with E-state index in [1.165, 1.54) is 31.1 Å². The zero-order chi connectivity index (χ0) is 30.2. The lowest BCUT2D eigenvalue weighted by molar-refractivity contribution is -0.140. The van der Waals surface area contributed by atoms with E-state index in [1.807, 2.05) is 44.2 Å². The Kier molecular flexibility index (Phi) is 11.3. The minimum atomic E-state index is -4.17. The van der Waals surface area contributed by atoms with Crippen molar-refractivity contribution in [3.63, 3.8) is 0 Å². The van der Waals surface area contributed by atoms with Crippen LogP contribution in [0.1, 0.15) is 25.0 Å². The van der Waals surface area contributed by atoms with Crippen molar-refractivity contribution < 1.29 is 22.4 Å². The summed E-state index contributed by atoms with van der Waals surface area (Å²) in [5, 5.41) is 3.34. The first-order valence-electron chi connectivity index (χ1n) is 13.2. The minimum absolute atomic E-state index is 0.0373. The lowest BCUT2D eigenvalue weighted by Gasteiger charge is -2.34. The van der Waals surface area contributed by atoms with Gasteiger partial charge in [-0.05, 0) is 47.4 Å². The molecule has 0 aliphatic heterocycles. The molecule has 0 fully saturated rings. The average molecular weight is 603 g/mol. The van der Waals surface area contributed by atoms with Gasteiger partial charge in [-0.1, -0.05) is 74.0 Å². The molecule has 0 heterocycles. The van der Waals surface area contributed by atoms with Crippen LogP contribution in [0.25, 0.3) is 0 Å². The maximum Gasteiger partial charge on any atom is 0.304 e. The smallest absolute Gasteiger partial charge is 0.304 e. The van der Waals surface area contributed by atoms with Gasteiger partial charge in [0.1, 0.15) is 18.4 Å². The van der Waals surface area contributed by atoms with Crippen LogP contribution in [0, 0.1) is 11.7 Å². The van der Waals surface area contributed by atoms with Gasteiger partial charge in [-0.25, -0.2) is 8.70 Å². The second-order valence-corrected chi connectivity index (χ2v) is 12.7. The van der Waals surface area contributed by atoms with Gasteiger partial charge >= 0.3 is 10.2 Å². The Balaban J connectivity index is 2.09. The number of halogens is 2. The monoisotopic (exact) mass is 602 g/mol. The van der Waals surface area contributed by atoms with Crippen molar-refractivity contribution in [2.24, 2.45) is 5.92 Å². The van der Waals surface area contributed by atoms with Crippen molar-refractivity contribution in [2.45, 2.75) is 32.9 Å². The Hall–Kier alpha value is -3.47. The minimum Gasteiger partial charge on any atom is -0.354 e.